The largest absolute Gasteiger partial charge is 0.376 e. The molecule has 0 radical (unpaired) electrons. The molecule has 2 nitrogen and oxygen atoms in total. The molecule has 4 aliphatic rings. The number of nitrogens with zero attached hydrogens (tertiary/aromatic N) is 2. The first-order chi connectivity index (χ1) is 32.6. The van der Waals surface area contributed by atoms with Crippen molar-refractivity contribution in [3.05, 3.63) is 161 Å². The van der Waals surface area contributed by atoms with Crippen molar-refractivity contribution in [2.45, 2.75) is 96.8 Å². The lowest BCUT2D eigenvalue weighted by atomic mass is 9.43. The van der Waals surface area contributed by atoms with E-state index in [9.17, 15) is 0 Å². The van der Waals surface area contributed by atoms with Crippen molar-refractivity contribution in [1.29, 1.82) is 0 Å². The lowest BCUT2D eigenvalue weighted by molar-refractivity contribution is 0.332. The molecular formula is C63H53BN2S2. The molecule has 0 amide bonds. The van der Waals surface area contributed by atoms with Gasteiger partial charge in [0.15, 0.2) is 0 Å². The third-order valence-corrected chi connectivity index (χ3v) is 19.7. The molecule has 5 heterocycles. The highest BCUT2D eigenvalue weighted by Gasteiger charge is 2.48. The van der Waals surface area contributed by atoms with Crippen molar-refractivity contribution in [1.82, 2.24) is 4.57 Å². The summed E-state index contributed by atoms with van der Waals surface area (Å²) in [7, 11) is 0. The van der Waals surface area contributed by atoms with Gasteiger partial charge in [-0.1, -0.05) is 141 Å². The van der Waals surface area contributed by atoms with E-state index in [1.807, 2.05) is 22.7 Å². The highest BCUT2D eigenvalue weighted by Crippen LogP contribution is 2.58. The zero-order chi connectivity index (χ0) is 46.1. The van der Waals surface area contributed by atoms with Gasteiger partial charge < -0.3 is 9.38 Å². The summed E-state index contributed by atoms with van der Waals surface area (Å²) >= 11 is 3.95. The van der Waals surface area contributed by atoms with Gasteiger partial charge >= 0.3 is 6.85 Å². The second-order valence-electron chi connectivity index (χ2n) is 23.5. The number of rotatable bonds is 1. The number of aromatic nitrogens is 1. The van der Waals surface area contributed by atoms with Crippen LogP contribution in [0, 0.1) is 0 Å². The van der Waals surface area contributed by atoms with Gasteiger partial charge in [-0.3, -0.25) is 0 Å². The van der Waals surface area contributed by atoms with Gasteiger partial charge in [0, 0.05) is 84.7 Å². The fraction of sp³-hybridized carbons (Fsp3) is 0.238. The minimum Gasteiger partial charge on any atom is -0.376 e. The van der Waals surface area contributed by atoms with Crippen LogP contribution >= 0.6 is 22.7 Å². The lowest BCUT2D eigenvalue weighted by Gasteiger charge is -2.43. The third-order valence-electron chi connectivity index (χ3n) is 17.4. The molecule has 0 spiro atoms. The molecule has 2 aliphatic carbocycles. The van der Waals surface area contributed by atoms with E-state index < -0.39 is 0 Å². The van der Waals surface area contributed by atoms with Crippen LogP contribution in [-0.4, -0.2) is 11.4 Å². The van der Waals surface area contributed by atoms with Crippen LogP contribution in [0.4, 0.5) is 11.4 Å². The molecule has 330 valence electrons. The predicted molar refractivity (Wildman–Crippen MR) is 297 cm³/mol. The monoisotopic (exact) mass is 912 g/mol. The van der Waals surface area contributed by atoms with Crippen molar-refractivity contribution in [3.8, 4) is 27.9 Å². The Labute approximate surface area is 407 Å². The molecule has 0 saturated carbocycles. The normalized spacial score (nSPS) is 17.1. The van der Waals surface area contributed by atoms with E-state index in [1.54, 1.807) is 0 Å². The van der Waals surface area contributed by atoms with Gasteiger partial charge in [-0.2, -0.15) is 0 Å². The molecule has 15 rings (SSSR count). The van der Waals surface area contributed by atoms with Crippen molar-refractivity contribution in [2.24, 2.45) is 0 Å². The predicted octanol–water partition coefficient (Wildman–Crippen LogP) is 16.7. The number of hydrogen-bond donors (Lipinski definition) is 0. The number of benzene rings is 8. The highest BCUT2D eigenvalue weighted by molar-refractivity contribution is 7.27. The van der Waals surface area contributed by atoms with Crippen LogP contribution in [0.1, 0.15) is 103 Å². The average Bonchev–Trinajstić information content (AvgIpc) is 4.05. The minimum absolute atomic E-state index is 0.0345. The quantitative estimate of drug-likeness (QED) is 0.149. The van der Waals surface area contributed by atoms with E-state index in [2.05, 4.69) is 205 Å². The van der Waals surface area contributed by atoms with Crippen molar-refractivity contribution < 1.29 is 0 Å². The Bertz CT molecular complexity index is 4110. The van der Waals surface area contributed by atoms with Gasteiger partial charge in [0.05, 0.1) is 11.0 Å². The fourth-order valence-electron chi connectivity index (χ4n) is 13.6. The van der Waals surface area contributed by atoms with E-state index in [-0.39, 0.29) is 28.5 Å². The summed E-state index contributed by atoms with van der Waals surface area (Å²) in [5.41, 5.74) is 22.1. The average molecular weight is 913 g/mol. The molecular weight excluding hydrogens is 860 g/mol. The molecule has 0 fully saturated rings. The standard InChI is InChI=1S/C63H53BN2S2/c1-60(2,3)34-22-24-35(25-23-34)66-49-31-44-39(36-16-10-13-19-43(36)63(44,8)9)28-41(49)56-57-58-54(55-38-18-12-15-21-52(38)68-59(55)56)42-29-45-46(62(6,7)27-26-61(45,4)5)32-48(42)65(58)50-33-53-40(30-47(50)64(57)66)37-17-11-14-20-51(37)67-53/h10-25,28-33H,26-27H2,1-9H3. The van der Waals surface area contributed by atoms with Crippen molar-refractivity contribution in [3.63, 3.8) is 0 Å². The van der Waals surface area contributed by atoms with Gasteiger partial charge in [0.2, 0.25) is 0 Å². The third kappa shape index (κ3) is 4.89. The molecule has 0 unspecified atom stereocenters. The first-order valence-electron chi connectivity index (χ1n) is 24.7. The Morgan fingerprint density at radius 2 is 1.21 bits per heavy atom. The maximum absolute atomic E-state index is 2.78. The number of hydrogen-bond acceptors (Lipinski definition) is 3. The molecule has 0 atom stereocenters. The maximum atomic E-state index is 2.78. The number of fused-ring (bicyclic) bond motifs is 20. The van der Waals surface area contributed by atoms with E-state index in [4.69, 9.17) is 0 Å². The molecule has 0 bridgehead atoms. The van der Waals surface area contributed by atoms with Crippen LogP contribution in [0.2, 0.25) is 0 Å². The summed E-state index contributed by atoms with van der Waals surface area (Å²) in [5.74, 6) is 0. The lowest BCUT2D eigenvalue weighted by Crippen LogP contribution is -2.60. The van der Waals surface area contributed by atoms with Crippen LogP contribution < -0.4 is 15.7 Å². The Hall–Kier alpha value is -6.14. The molecule has 2 aliphatic heterocycles. The van der Waals surface area contributed by atoms with Crippen LogP contribution in [0.3, 0.4) is 0 Å². The van der Waals surface area contributed by atoms with Crippen LogP contribution in [0.5, 0.6) is 0 Å². The molecule has 3 aromatic heterocycles. The Morgan fingerprint density at radius 1 is 0.529 bits per heavy atom. The summed E-state index contributed by atoms with van der Waals surface area (Å²) < 4.78 is 8.22. The van der Waals surface area contributed by atoms with Gasteiger partial charge in [-0.15, -0.1) is 22.7 Å². The maximum Gasteiger partial charge on any atom is 0.333 e. The van der Waals surface area contributed by atoms with Gasteiger partial charge in [-0.05, 0) is 134 Å². The first kappa shape index (κ1) is 39.8. The number of thiophene rings is 2. The Kier molecular flexibility index (Phi) is 7.46. The SMILES string of the molecule is CC(C)(C)c1ccc(N2B3c4cc5c(cc4-n4c6cc7c(cc6c6c8c(sc9ccccc98)c(c3c64)-c3cc4c(cc32)C(C)(C)c2ccccc2-4)C(C)(C)CCC7(C)C)sc2ccccc25)cc1. The van der Waals surface area contributed by atoms with Crippen LogP contribution in [0.25, 0.3) is 90.1 Å². The van der Waals surface area contributed by atoms with Crippen molar-refractivity contribution in [2.75, 3.05) is 4.81 Å². The topological polar surface area (TPSA) is 8.17 Å². The van der Waals surface area contributed by atoms with Crippen LogP contribution in [-0.2, 0) is 21.7 Å². The second-order valence-corrected chi connectivity index (χ2v) is 25.6. The van der Waals surface area contributed by atoms with Crippen LogP contribution in [0.15, 0.2) is 133 Å². The second kappa shape index (κ2) is 12.7. The van der Waals surface area contributed by atoms with Gasteiger partial charge in [0.25, 0.3) is 0 Å². The first-order valence-corrected chi connectivity index (χ1v) is 26.4. The molecule has 11 aromatic rings. The van der Waals surface area contributed by atoms with E-state index in [1.165, 1.54) is 153 Å². The summed E-state index contributed by atoms with van der Waals surface area (Å²) in [6.45, 7) is 21.7. The number of anilines is 2. The zero-order valence-corrected chi connectivity index (χ0v) is 42.0. The Morgan fingerprint density at radius 3 is 1.96 bits per heavy atom. The molecule has 5 heteroatoms. The zero-order valence-electron chi connectivity index (χ0n) is 40.4. The fourth-order valence-corrected chi connectivity index (χ4v) is 16.1. The molecule has 68 heavy (non-hydrogen) atoms. The summed E-state index contributed by atoms with van der Waals surface area (Å²) in [4.78, 5) is 2.78. The van der Waals surface area contributed by atoms with E-state index >= 15 is 0 Å². The smallest absolute Gasteiger partial charge is 0.333 e. The highest BCUT2D eigenvalue weighted by atomic mass is 32.1. The van der Waals surface area contributed by atoms with Gasteiger partial charge in [0.1, 0.15) is 0 Å². The summed E-state index contributed by atoms with van der Waals surface area (Å²) in [6, 6.07) is 52.9. The van der Waals surface area contributed by atoms with E-state index in [0.29, 0.717) is 0 Å². The van der Waals surface area contributed by atoms with E-state index in [0.717, 1.165) is 0 Å². The minimum atomic E-state index is -0.154. The molecule has 8 aromatic carbocycles. The van der Waals surface area contributed by atoms with Crippen molar-refractivity contribution >= 4 is 114 Å². The molecule has 0 saturated heterocycles. The Balaban J connectivity index is 1.20. The van der Waals surface area contributed by atoms with Gasteiger partial charge in [-0.25, -0.2) is 0 Å². The molecule has 0 N–H and O–H groups in total. The summed E-state index contributed by atoms with van der Waals surface area (Å²) in [5, 5.41) is 8.28. The summed E-state index contributed by atoms with van der Waals surface area (Å²) in [6.07, 6.45) is 2.36.